The van der Waals surface area contributed by atoms with Gasteiger partial charge in [-0.05, 0) is 42.3 Å². The van der Waals surface area contributed by atoms with Gasteiger partial charge in [0.1, 0.15) is 0 Å². The summed E-state index contributed by atoms with van der Waals surface area (Å²) >= 11 is 13.6. The Balaban J connectivity index is 1.84. The fraction of sp³-hybridized carbons (Fsp3) is 0.148. The highest BCUT2D eigenvalue weighted by Gasteiger charge is 2.38. The Morgan fingerprint density at radius 3 is 2.41 bits per heavy atom. The third-order valence-corrected chi connectivity index (χ3v) is 7.04. The van der Waals surface area contributed by atoms with Crippen molar-refractivity contribution in [1.29, 1.82) is 0 Å². The monoisotopic (exact) mass is 488 g/mol. The van der Waals surface area contributed by atoms with Crippen LogP contribution in [0.15, 0.2) is 84.0 Å². The average molecular weight is 489 g/mol. The molecule has 3 heterocycles. The molecule has 5 rings (SSSR count). The molecule has 1 atom stereocenters. The topological polar surface area (TPSA) is 52.7 Å². The number of aryl methyl sites for hydroxylation is 3. The van der Waals surface area contributed by atoms with Crippen LogP contribution in [0.25, 0.3) is 22.2 Å². The largest absolute Gasteiger partial charge is 0.336 e. The molecular weight excluding hydrogens is 467 g/mol. The number of alkyl halides is 1. The molecule has 0 aliphatic rings. The first kappa shape index (κ1) is 22.4. The zero-order valence-corrected chi connectivity index (χ0v) is 20.5. The highest BCUT2D eigenvalue weighted by atomic mass is 35.5. The molecule has 34 heavy (non-hydrogen) atoms. The Morgan fingerprint density at radius 2 is 1.74 bits per heavy atom. The van der Waals surface area contributed by atoms with Crippen molar-refractivity contribution in [2.75, 3.05) is 0 Å². The van der Waals surface area contributed by atoms with E-state index in [4.69, 9.17) is 28.2 Å². The highest BCUT2D eigenvalue weighted by molar-refractivity contribution is 6.31. The summed E-state index contributed by atoms with van der Waals surface area (Å²) in [5.41, 5.74) is 6.34. The van der Waals surface area contributed by atoms with Crippen molar-refractivity contribution in [3.63, 3.8) is 0 Å². The number of rotatable bonds is 4. The standard InChI is InChI=1S/C27H22Cl2N4O/c1-17-5-4-6-18(13-17)21-14-25(34)33(3)22-11-12-23(31-26(21)22)27(29,24-15-30-16-32(24)2)19-7-9-20(28)10-8-19/h4-16H,1-3H3/t27-/m1/s1. The Morgan fingerprint density at radius 1 is 0.971 bits per heavy atom. The Bertz CT molecular complexity index is 1590. The summed E-state index contributed by atoms with van der Waals surface area (Å²) in [6.07, 6.45) is 3.46. The van der Waals surface area contributed by atoms with E-state index in [1.165, 1.54) is 0 Å². The number of imidazole rings is 1. The lowest BCUT2D eigenvalue weighted by atomic mass is 9.90. The number of pyridine rings is 2. The number of hydrogen-bond donors (Lipinski definition) is 0. The van der Waals surface area contributed by atoms with Gasteiger partial charge in [0.05, 0.1) is 34.9 Å². The summed E-state index contributed by atoms with van der Waals surface area (Å²) in [7, 11) is 3.65. The zero-order valence-electron chi connectivity index (χ0n) is 19.0. The molecule has 0 saturated heterocycles. The molecule has 2 aromatic carbocycles. The van der Waals surface area contributed by atoms with E-state index in [1.54, 1.807) is 30.2 Å². The van der Waals surface area contributed by atoms with Crippen molar-refractivity contribution in [3.8, 4) is 11.1 Å². The lowest BCUT2D eigenvalue weighted by Crippen LogP contribution is -2.27. The van der Waals surface area contributed by atoms with Crippen molar-refractivity contribution in [2.24, 2.45) is 14.1 Å². The second-order valence-electron chi connectivity index (χ2n) is 8.44. The molecule has 7 heteroatoms. The van der Waals surface area contributed by atoms with Gasteiger partial charge in [-0.1, -0.05) is 53.6 Å². The second kappa shape index (κ2) is 8.42. The normalized spacial score (nSPS) is 13.2. The molecule has 0 amide bonds. The van der Waals surface area contributed by atoms with Gasteiger partial charge in [-0.2, -0.15) is 0 Å². The van der Waals surface area contributed by atoms with Crippen LogP contribution >= 0.6 is 23.2 Å². The molecule has 5 aromatic rings. The lowest BCUT2D eigenvalue weighted by Gasteiger charge is -2.28. The molecule has 0 spiro atoms. The maximum atomic E-state index is 12.8. The first-order chi connectivity index (χ1) is 16.3. The molecular formula is C27H22Cl2N4O. The minimum absolute atomic E-state index is 0.0972. The van der Waals surface area contributed by atoms with Gasteiger partial charge in [0.15, 0.2) is 4.87 Å². The third kappa shape index (κ3) is 3.61. The van der Waals surface area contributed by atoms with Gasteiger partial charge in [0, 0.05) is 30.7 Å². The van der Waals surface area contributed by atoms with Crippen LogP contribution in [0.1, 0.15) is 22.5 Å². The predicted octanol–water partition coefficient (Wildman–Crippen LogP) is 5.83. The summed E-state index contributed by atoms with van der Waals surface area (Å²) < 4.78 is 3.49. The fourth-order valence-corrected chi connectivity index (χ4v) is 4.89. The molecule has 0 aliphatic heterocycles. The van der Waals surface area contributed by atoms with E-state index < -0.39 is 4.87 Å². The molecule has 5 nitrogen and oxygen atoms in total. The average Bonchev–Trinajstić information content (AvgIpc) is 3.27. The molecule has 0 fully saturated rings. The minimum atomic E-state index is -1.12. The SMILES string of the molecule is Cc1cccc(-c2cc(=O)n(C)c3ccc([C@](Cl)(c4ccc(Cl)cc4)c4cncn4C)nc23)c1. The van der Waals surface area contributed by atoms with E-state index in [0.717, 1.165) is 33.5 Å². The van der Waals surface area contributed by atoms with E-state index in [0.29, 0.717) is 16.2 Å². The minimum Gasteiger partial charge on any atom is -0.336 e. The summed E-state index contributed by atoms with van der Waals surface area (Å²) in [5, 5.41) is 0.621. The van der Waals surface area contributed by atoms with E-state index in [9.17, 15) is 4.79 Å². The van der Waals surface area contributed by atoms with Crippen LogP contribution in [0.5, 0.6) is 0 Å². The van der Waals surface area contributed by atoms with Gasteiger partial charge < -0.3 is 9.13 Å². The molecule has 3 aromatic heterocycles. The molecule has 0 bridgehead atoms. The van der Waals surface area contributed by atoms with Gasteiger partial charge in [0.25, 0.3) is 5.56 Å². The second-order valence-corrected chi connectivity index (χ2v) is 9.45. The molecule has 0 saturated carbocycles. The smallest absolute Gasteiger partial charge is 0.251 e. The molecule has 0 N–H and O–H groups in total. The van der Waals surface area contributed by atoms with Crippen molar-refractivity contribution in [3.05, 3.63) is 117 Å². The number of nitrogens with zero attached hydrogens (tertiary/aromatic N) is 4. The van der Waals surface area contributed by atoms with Crippen LogP contribution < -0.4 is 5.56 Å². The van der Waals surface area contributed by atoms with Crippen LogP contribution in [-0.2, 0) is 19.0 Å². The Labute approximate surface area is 207 Å². The number of aromatic nitrogens is 4. The zero-order chi connectivity index (χ0) is 24.0. The maximum absolute atomic E-state index is 12.8. The van der Waals surface area contributed by atoms with Crippen LogP contribution in [0.4, 0.5) is 0 Å². The van der Waals surface area contributed by atoms with Crippen molar-refractivity contribution >= 4 is 34.2 Å². The highest BCUT2D eigenvalue weighted by Crippen LogP contribution is 2.43. The number of hydrogen-bond acceptors (Lipinski definition) is 3. The van der Waals surface area contributed by atoms with Crippen LogP contribution in [0.3, 0.4) is 0 Å². The summed E-state index contributed by atoms with van der Waals surface area (Å²) in [6, 6.07) is 20.9. The number of benzene rings is 2. The van der Waals surface area contributed by atoms with Crippen molar-refractivity contribution in [2.45, 2.75) is 11.8 Å². The Kier molecular flexibility index (Phi) is 5.54. The lowest BCUT2D eigenvalue weighted by molar-refractivity contribution is 0.729. The van der Waals surface area contributed by atoms with Gasteiger partial charge in [-0.3, -0.25) is 4.79 Å². The number of fused-ring (bicyclic) bond motifs is 1. The van der Waals surface area contributed by atoms with Gasteiger partial charge >= 0.3 is 0 Å². The van der Waals surface area contributed by atoms with E-state index >= 15 is 0 Å². The summed E-state index contributed by atoms with van der Waals surface area (Å²) in [6.45, 7) is 2.03. The van der Waals surface area contributed by atoms with E-state index in [1.807, 2.05) is 73.1 Å². The first-order valence-electron chi connectivity index (χ1n) is 10.8. The van der Waals surface area contributed by atoms with Crippen molar-refractivity contribution in [1.82, 2.24) is 19.1 Å². The van der Waals surface area contributed by atoms with Crippen LogP contribution in [-0.4, -0.2) is 19.1 Å². The van der Waals surface area contributed by atoms with Gasteiger partial charge in [-0.15, -0.1) is 11.6 Å². The fourth-order valence-electron chi connectivity index (χ4n) is 4.35. The van der Waals surface area contributed by atoms with Crippen molar-refractivity contribution < 1.29 is 0 Å². The van der Waals surface area contributed by atoms with E-state index in [-0.39, 0.29) is 5.56 Å². The molecule has 0 radical (unpaired) electrons. The van der Waals surface area contributed by atoms with Crippen LogP contribution in [0, 0.1) is 6.92 Å². The molecule has 0 unspecified atom stereocenters. The first-order valence-corrected chi connectivity index (χ1v) is 11.5. The van der Waals surface area contributed by atoms with Crippen LogP contribution in [0.2, 0.25) is 5.02 Å². The number of halogens is 2. The Hall–Kier alpha value is -3.41. The van der Waals surface area contributed by atoms with Gasteiger partial charge in [0.2, 0.25) is 0 Å². The predicted molar refractivity (Wildman–Crippen MR) is 138 cm³/mol. The summed E-state index contributed by atoms with van der Waals surface area (Å²) in [5.74, 6) is 0. The summed E-state index contributed by atoms with van der Waals surface area (Å²) in [4.78, 5) is 21.0. The third-order valence-electron chi connectivity index (χ3n) is 6.18. The molecule has 0 aliphatic carbocycles. The van der Waals surface area contributed by atoms with Gasteiger partial charge in [-0.25, -0.2) is 9.97 Å². The maximum Gasteiger partial charge on any atom is 0.251 e. The van der Waals surface area contributed by atoms with E-state index in [2.05, 4.69) is 11.1 Å². The molecule has 170 valence electrons. The quantitative estimate of drug-likeness (QED) is 0.299.